The van der Waals surface area contributed by atoms with Crippen LogP contribution in [0.5, 0.6) is 11.5 Å². The van der Waals surface area contributed by atoms with Crippen LogP contribution in [0.25, 0.3) is 0 Å². The molecule has 0 aliphatic rings. The van der Waals surface area contributed by atoms with E-state index in [2.05, 4.69) is 5.10 Å². The van der Waals surface area contributed by atoms with Crippen molar-refractivity contribution in [2.45, 2.75) is 19.4 Å². The molecule has 0 spiro atoms. The summed E-state index contributed by atoms with van der Waals surface area (Å²) in [5.41, 5.74) is 6.60. The van der Waals surface area contributed by atoms with Crippen LogP contribution in [-0.4, -0.2) is 29.9 Å². The van der Waals surface area contributed by atoms with Gasteiger partial charge in [-0.1, -0.05) is 6.07 Å². The highest BCUT2D eigenvalue weighted by atomic mass is 16.5. The van der Waals surface area contributed by atoms with Gasteiger partial charge in [-0.3, -0.25) is 14.7 Å². The van der Waals surface area contributed by atoms with Crippen molar-refractivity contribution in [1.82, 2.24) is 9.78 Å². The lowest BCUT2D eigenvalue weighted by molar-refractivity contribution is 0.0883. The van der Waals surface area contributed by atoms with E-state index in [-0.39, 0.29) is 24.4 Å². The molecule has 0 radical (unpaired) electrons. The van der Waals surface area contributed by atoms with Gasteiger partial charge in [0.05, 0.1) is 19.9 Å². The molecule has 0 bridgehead atoms. The normalized spacial score (nSPS) is 10.5. The summed E-state index contributed by atoms with van der Waals surface area (Å²) in [7, 11) is 3.13. The molecule has 0 aliphatic carbocycles. The first-order valence-electron chi connectivity index (χ1n) is 6.84. The molecule has 118 valence electrons. The van der Waals surface area contributed by atoms with Crippen molar-refractivity contribution in [1.29, 1.82) is 0 Å². The standard InChI is InChI=1S/C15H19N3O4/c1-21-12-5-3-10(7-13(12)22-2)4-6-15(20)18-11(9-16)8-14(19)17-18/h3,5,7-8H,4,6,9,16H2,1-2H3,(H,17,19). The third kappa shape index (κ3) is 3.37. The maximum absolute atomic E-state index is 12.2. The number of methoxy groups -OCH3 is 2. The third-order valence-electron chi connectivity index (χ3n) is 3.34. The van der Waals surface area contributed by atoms with Crippen molar-refractivity contribution < 1.29 is 14.3 Å². The Morgan fingerprint density at radius 3 is 2.59 bits per heavy atom. The van der Waals surface area contributed by atoms with Crippen LogP contribution in [0.2, 0.25) is 0 Å². The van der Waals surface area contributed by atoms with Crippen molar-refractivity contribution in [3.05, 3.63) is 45.9 Å². The average molecular weight is 305 g/mol. The Morgan fingerprint density at radius 2 is 1.95 bits per heavy atom. The molecule has 7 nitrogen and oxygen atoms in total. The number of ether oxygens (including phenoxy) is 2. The van der Waals surface area contributed by atoms with Crippen LogP contribution >= 0.6 is 0 Å². The largest absolute Gasteiger partial charge is 0.493 e. The summed E-state index contributed by atoms with van der Waals surface area (Å²) in [6.45, 7) is 0.126. The fourth-order valence-electron chi connectivity index (χ4n) is 2.20. The number of nitrogens with two attached hydrogens (primary N) is 1. The Bertz CT molecular complexity index is 718. The SMILES string of the molecule is COc1ccc(CCC(=O)n2[nH]c(=O)cc2CN)cc1OC. The van der Waals surface area contributed by atoms with Gasteiger partial charge in [0.25, 0.3) is 5.56 Å². The van der Waals surface area contributed by atoms with Crippen LogP contribution in [0.1, 0.15) is 22.5 Å². The lowest BCUT2D eigenvalue weighted by Gasteiger charge is -2.10. The Morgan fingerprint density at radius 1 is 1.23 bits per heavy atom. The van der Waals surface area contributed by atoms with E-state index in [1.54, 1.807) is 20.3 Å². The van der Waals surface area contributed by atoms with Gasteiger partial charge in [0.15, 0.2) is 11.5 Å². The van der Waals surface area contributed by atoms with E-state index >= 15 is 0 Å². The van der Waals surface area contributed by atoms with Crippen LogP contribution in [0.15, 0.2) is 29.1 Å². The van der Waals surface area contributed by atoms with Gasteiger partial charge in [-0.2, -0.15) is 0 Å². The molecular weight excluding hydrogens is 286 g/mol. The number of rotatable bonds is 6. The average Bonchev–Trinajstić information content (AvgIpc) is 2.93. The van der Waals surface area contributed by atoms with Crippen LogP contribution < -0.4 is 20.8 Å². The smallest absolute Gasteiger partial charge is 0.264 e. The molecule has 0 atom stereocenters. The van der Waals surface area contributed by atoms with Crippen molar-refractivity contribution >= 4 is 5.91 Å². The second-order valence-corrected chi connectivity index (χ2v) is 4.73. The molecule has 2 rings (SSSR count). The van der Waals surface area contributed by atoms with Crippen LogP contribution in [0.4, 0.5) is 0 Å². The molecule has 22 heavy (non-hydrogen) atoms. The highest BCUT2D eigenvalue weighted by Gasteiger charge is 2.12. The molecule has 0 fully saturated rings. The molecule has 0 saturated carbocycles. The lowest BCUT2D eigenvalue weighted by atomic mass is 10.1. The van der Waals surface area contributed by atoms with Gasteiger partial charge in [-0.15, -0.1) is 0 Å². The summed E-state index contributed by atoms with van der Waals surface area (Å²) in [5.74, 6) is 1.04. The highest BCUT2D eigenvalue weighted by molar-refractivity contribution is 5.78. The lowest BCUT2D eigenvalue weighted by Crippen LogP contribution is -2.19. The number of aromatic amines is 1. The predicted molar refractivity (Wildman–Crippen MR) is 81.4 cm³/mol. The number of carbonyl (C=O) groups is 1. The number of nitrogens with zero attached hydrogens (tertiary/aromatic N) is 1. The van der Waals surface area contributed by atoms with Crippen LogP contribution in [-0.2, 0) is 13.0 Å². The van der Waals surface area contributed by atoms with Gasteiger partial charge in [-0.25, -0.2) is 4.68 Å². The van der Waals surface area contributed by atoms with Crippen molar-refractivity contribution in [3.63, 3.8) is 0 Å². The number of carbonyl (C=O) groups excluding carboxylic acids is 1. The van der Waals surface area contributed by atoms with Gasteiger partial charge in [-0.05, 0) is 24.1 Å². The Balaban J connectivity index is 2.09. The zero-order valence-corrected chi connectivity index (χ0v) is 12.6. The summed E-state index contributed by atoms with van der Waals surface area (Å²) < 4.78 is 11.6. The minimum Gasteiger partial charge on any atom is -0.493 e. The monoisotopic (exact) mass is 305 g/mol. The van der Waals surface area contributed by atoms with Gasteiger partial charge < -0.3 is 15.2 Å². The summed E-state index contributed by atoms with van der Waals surface area (Å²) in [4.78, 5) is 23.5. The zero-order chi connectivity index (χ0) is 16.1. The zero-order valence-electron chi connectivity index (χ0n) is 12.6. The molecule has 1 aromatic carbocycles. The highest BCUT2D eigenvalue weighted by Crippen LogP contribution is 2.27. The minimum absolute atomic E-state index is 0.126. The van der Waals surface area contributed by atoms with Crippen molar-refractivity contribution in [2.75, 3.05) is 14.2 Å². The number of nitrogens with one attached hydrogen (secondary N) is 1. The number of hydrogen-bond donors (Lipinski definition) is 2. The van der Waals surface area contributed by atoms with Crippen molar-refractivity contribution in [3.8, 4) is 11.5 Å². The predicted octanol–water partition coefficient (Wildman–Crippen LogP) is 0.925. The van der Waals surface area contributed by atoms with E-state index < -0.39 is 0 Å². The molecule has 2 aromatic rings. The molecule has 7 heteroatoms. The number of H-pyrrole nitrogens is 1. The summed E-state index contributed by atoms with van der Waals surface area (Å²) in [6.07, 6.45) is 0.760. The second-order valence-electron chi connectivity index (χ2n) is 4.73. The van der Waals surface area contributed by atoms with E-state index in [1.165, 1.54) is 10.7 Å². The van der Waals surface area contributed by atoms with E-state index in [0.29, 0.717) is 23.6 Å². The van der Waals surface area contributed by atoms with E-state index in [0.717, 1.165) is 5.56 Å². The molecule has 0 saturated heterocycles. The van der Waals surface area contributed by atoms with E-state index in [4.69, 9.17) is 15.2 Å². The maximum atomic E-state index is 12.2. The first kappa shape index (κ1) is 15.8. The second kappa shape index (κ2) is 6.95. The summed E-state index contributed by atoms with van der Waals surface area (Å²) in [5, 5.41) is 2.46. The number of aryl methyl sites for hydroxylation is 1. The fourth-order valence-corrected chi connectivity index (χ4v) is 2.20. The Kier molecular flexibility index (Phi) is 5.00. The van der Waals surface area contributed by atoms with Crippen LogP contribution in [0.3, 0.4) is 0 Å². The summed E-state index contributed by atoms with van der Waals surface area (Å²) >= 11 is 0. The molecular formula is C15H19N3O4. The Hall–Kier alpha value is -2.54. The van der Waals surface area contributed by atoms with Gasteiger partial charge in [0.2, 0.25) is 5.91 Å². The number of benzene rings is 1. The third-order valence-corrected chi connectivity index (χ3v) is 3.34. The fraction of sp³-hybridized carbons (Fsp3) is 0.333. The molecule has 3 N–H and O–H groups in total. The van der Waals surface area contributed by atoms with Gasteiger partial charge >= 0.3 is 0 Å². The minimum atomic E-state index is -0.333. The molecule has 0 amide bonds. The topological polar surface area (TPSA) is 99.3 Å². The first-order valence-corrected chi connectivity index (χ1v) is 6.84. The molecule has 0 unspecified atom stereocenters. The van der Waals surface area contributed by atoms with Crippen molar-refractivity contribution in [2.24, 2.45) is 5.73 Å². The number of aromatic nitrogens is 2. The maximum Gasteiger partial charge on any atom is 0.264 e. The van der Waals surface area contributed by atoms with Crippen LogP contribution in [0, 0.1) is 0 Å². The molecule has 1 heterocycles. The first-order chi connectivity index (χ1) is 10.6. The summed E-state index contributed by atoms with van der Waals surface area (Å²) in [6, 6.07) is 6.82. The molecule has 1 aromatic heterocycles. The number of hydrogen-bond acceptors (Lipinski definition) is 5. The van der Waals surface area contributed by atoms with E-state index in [9.17, 15) is 9.59 Å². The quantitative estimate of drug-likeness (QED) is 0.827. The van der Waals surface area contributed by atoms with Gasteiger partial charge in [0.1, 0.15) is 0 Å². The molecule has 0 aliphatic heterocycles. The van der Waals surface area contributed by atoms with Gasteiger partial charge in [0, 0.05) is 19.0 Å². The Labute approximate surface area is 127 Å². The van der Waals surface area contributed by atoms with E-state index in [1.807, 2.05) is 12.1 Å².